The van der Waals surface area contributed by atoms with Crippen LogP contribution < -0.4 is 11.1 Å². The van der Waals surface area contributed by atoms with Crippen LogP contribution in [-0.4, -0.2) is 12.1 Å². The summed E-state index contributed by atoms with van der Waals surface area (Å²) in [5.41, 5.74) is 7.68. The van der Waals surface area contributed by atoms with E-state index in [2.05, 4.69) is 11.4 Å². The molecular formula is C13H17N3. The number of benzene rings is 1. The van der Waals surface area contributed by atoms with Gasteiger partial charge in [-0.3, -0.25) is 0 Å². The van der Waals surface area contributed by atoms with E-state index in [4.69, 9.17) is 11.0 Å². The van der Waals surface area contributed by atoms with Crippen LogP contribution in [0.15, 0.2) is 24.3 Å². The van der Waals surface area contributed by atoms with Crippen molar-refractivity contribution in [1.29, 1.82) is 5.26 Å². The molecular weight excluding hydrogens is 198 g/mol. The molecule has 1 saturated carbocycles. The van der Waals surface area contributed by atoms with Gasteiger partial charge in [0, 0.05) is 12.1 Å². The van der Waals surface area contributed by atoms with Crippen LogP contribution in [0.5, 0.6) is 0 Å². The second-order valence-electron chi connectivity index (χ2n) is 4.36. The van der Waals surface area contributed by atoms with Crippen molar-refractivity contribution in [3.63, 3.8) is 0 Å². The lowest BCUT2D eigenvalue weighted by Crippen LogP contribution is -2.42. The van der Waals surface area contributed by atoms with Gasteiger partial charge >= 0.3 is 0 Å². The number of para-hydroxylation sites is 1. The molecule has 1 aliphatic carbocycles. The van der Waals surface area contributed by atoms with Gasteiger partial charge in [0.05, 0.1) is 11.3 Å². The minimum Gasteiger partial charge on any atom is -0.380 e. The molecule has 0 aliphatic heterocycles. The number of hydrogen-bond donors (Lipinski definition) is 2. The average molecular weight is 215 g/mol. The minimum absolute atomic E-state index is 0.209. The maximum absolute atomic E-state index is 8.99. The van der Waals surface area contributed by atoms with Crippen molar-refractivity contribution in [3.8, 4) is 6.07 Å². The summed E-state index contributed by atoms with van der Waals surface area (Å²) in [7, 11) is 0. The van der Waals surface area contributed by atoms with Crippen molar-refractivity contribution >= 4 is 5.69 Å². The minimum atomic E-state index is 0.209. The van der Waals surface area contributed by atoms with Gasteiger partial charge < -0.3 is 11.1 Å². The van der Waals surface area contributed by atoms with Crippen LogP contribution in [0.2, 0.25) is 0 Å². The summed E-state index contributed by atoms with van der Waals surface area (Å²) in [5, 5.41) is 12.4. The fourth-order valence-corrected chi connectivity index (χ4v) is 2.24. The molecule has 0 spiro atoms. The highest BCUT2D eigenvalue weighted by Crippen LogP contribution is 2.22. The number of nitrogens with two attached hydrogens (primary N) is 1. The smallest absolute Gasteiger partial charge is 0.101 e. The number of anilines is 1. The lowest BCUT2D eigenvalue weighted by atomic mass is 9.90. The van der Waals surface area contributed by atoms with Gasteiger partial charge in [-0.05, 0) is 25.0 Å². The van der Waals surface area contributed by atoms with Crippen molar-refractivity contribution < 1.29 is 0 Å². The van der Waals surface area contributed by atoms with E-state index in [9.17, 15) is 0 Å². The first-order valence-corrected chi connectivity index (χ1v) is 5.82. The highest BCUT2D eigenvalue weighted by molar-refractivity contribution is 5.57. The summed E-state index contributed by atoms with van der Waals surface area (Å²) >= 11 is 0. The number of hydrogen-bond acceptors (Lipinski definition) is 3. The summed E-state index contributed by atoms with van der Waals surface area (Å²) in [5.74, 6) is 0. The quantitative estimate of drug-likeness (QED) is 0.795. The van der Waals surface area contributed by atoms with Gasteiger partial charge in [-0.25, -0.2) is 0 Å². The molecule has 0 radical (unpaired) electrons. The Morgan fingerprint density at radius 2 is 2.00 bits per heavy atom. The van der Waals surface area contributed by atoms with Gasteiger partial charge in [-0.1, -0.05) is 25.0 Å². The van der Waals surface area contributed by atoms with Gasteiger partial charge in [-0.15, -0.1) is 0 Å². The molecule has 1 aliphatic rings. The van der Waals surface area contributed by atoms with Crippen LogP contribution in [0, 0.1) is 11.3 Å². The van der Waals surface area contributed by atoms with E-state index in [1.807, 2.05) is 24.3 Å². The van der Waals surface area contributed by atoms with Crippen LogP contribution in [0.25, 0.3) is 0 Å². The molecule has 0 bridgehead atoms. The molecule has 3 nitrogen and oxygen atoms in total. The molecule has 0 saturated heterocycles. The maximum atomic E-state index is 8.99. The van der Waals surface area contributed by atoms with Crippen molar-refractivity contribution in [2.24, 2.45) is 5.73 Å². The predicted molar refractivity (Wildman–Crippen MR) is 65.0 cm³/mol. The lowest BCUT2D eigenvalue weighted by molar-refractivity contribution is 0.404. The Hall–Kier alpha value is -1.53. The van der Waals surface area contributed by atoms with Gasteiger partial charge in [0.2, 0.25) is 0 Å². The Morgan fingerprint density at radius 3 is 2.75 bits per heavy atom. The molecule has 3 N–H and O–H groups in total. The maximum Gasteiger partial charge on any atom is 0.101 e. The van der Waals surface area contributed by atoms with Crippen LogP contribution in [-0.2, 0) is 0 Å². The second-order valence-corrected chi connectivity index (χ2v) is 4.36. The Kier molecular flexibility index (Phi) is 3.43. The highest BCUT2D eigenvalue weighted by atomic mass is 15.0. The molecule has 0 aromatic heterocycles. The van der Waals surface area contributed by atoms with Crippen LogP contribution >= 0.6 is 0 Å². The Bertz CT molecular complexity index is 394. The first kappa shape index (κ1) is 11.0. The first-order valence-electron chi connectivity index (χ1n) is 5.82. The van der Waals surface area contributed by atoms with Gasteiger partial charge in [0.25, 0.3) is 0 Å². The number of nitriles is 1. The van der Waals surface area contributed by atoms with E-state index in [1.54, 1.807) is 0 Å². The fraction of sp³-hybridized carbons (Fsp3) is 0.462. The third kappa shape index (κ3) is 2.34. The van der Waals surface area contributed by atoms with E-state index in [0.29, 0.717) is 11.6 Å². The summed E-state index contributed by atoms with van der Waals surface area (Å²) in [6, 6.07) is 10.3. The van der Waals surface area contributed by atoms with E-state index in [-0.39, 0.29) is 6.04 Å². The van der Waals surface area contributed by atoms with E-state index in [0.717, 1.165) is 18.5 Å². The normalized spacial score (nSPS) is 24.8. The summed E-state index contributed by atoms with van der Waals surface area (Å²) in [4.78, 5) is 0. The number of nitrogens with one attached hydrogen (secondary N) is 1. The van der Waals surface area contributed by atoms with Gasteiger partial charge in [0.1, 0.15) is 6.07 Å². The molecule has 3 heteroatoms. The first-order chi connectivity index (χ1) is 7.81. The van der Waals surface area contributed by atoms with Crippen LogP contribution in [0.3, 0.4) is 0 Å². The zero-order chi connectivity index (χ0) is 11.4. The molecule has 2 unspecified atom stereocenters. The van der Waals surface area contributed by atoms with Gasteiger partial charge in [-0.2, -0.15) is 5.26 Å². The second kappa shape index (κ2) is 5.00. The summed E-state index contributed by atoms with van der Waals surface area (Å²) in [6.07, 6.45) is 4.62. The Balaban J connectivity index is 2.11. The van der Waals surface area contributed by atoms with E-state index >= 15 is 0 Å². The van der Waals surface area contributed by atoms with Crippen molar-refractivity contribution in [1.82, 2.24) is 0 Å². The molecule has 1 fully saturated rings. The van der Waals surface area contributed by atoms with Crippen molar-refractivity contribution in [2.45, 2.75) is 37.8 Å². The molecule has 0 heterocycles. The average Bonchev–Trinajstić information content (AvgIpc) is 2.33. The topological polar surface area (TPSA) is 61.8 Å². The summed E-state index contributed by atoms with van der Waals surface area (Å²) < 4.78 is 0. The molecule has 2 atom stereocenters. The zero-order valence-corrected chi connectivity index (χ0v) is 9.32. The zero-order valence-electron chi connectivity index (χ0n) is 9.32. The molecule has 84 valence electrons. The molecule has 1 aromatic rings. The summed E-state index contributed by atoms with van der Waals surface area (Å²) in [6.45, 7) is 0. The fourth-order valence-electron chi connectivity index (χ4n) is 2.24. The Labute approximate surface area is 96.3 Å². The lowest BCUT2D eigenvalue weighted by Gasteiger charge is -2.30. The van der Waals surface area contributed by atoms with Crippen LogP contribution in [0.1, 0.15) is 31.2 Å². The largest absolute Gasteiger partial charge is 0.380 e. The molecule has 1 aromatic carbocycles. The monoisotopic (exact) mass is 215 g/mol. The SMILES string of the molecule is N#Cc1ccccc1NC1CCCCC1N. The highest BCUT2D eigenvalue weighted by Gasteiger charge is 2.21. The third-order valence-corrected chi connectivity index (χ3v) is 3.21. The number of rotatable bonds is 2. The van der Waals surface area contributed by atoms with Crippen LogP contribution in [0.4, 0.5) is 5.69 Å². The molecule has 2 rings (SSSR count). The van der Waals surface area contributed by atoms with Crippen molar-refractivity contribution in [3.05, 3.63) is 29.8 Å². The van der Waals surface area contributed by atoms with E-state index in [1.165, 1.54) is 12.8 Å². The molecule has 0 amide bonds. The standard InChI is InChI=1S/C13H17N3/c14-9-10-5-1-3-7-12(10)16-13-8-4-2-6-11(13)15/h1,3,5,7,11,13,16H,2,4,6,8,15H2. The predicted octanol–water partition coefficient (Wildman–Crippen LogP) is 2.24. The Morgan fingerprint density at radius 1 is 1.25 bits per heavy atom. The number of nitrogens with zero attached hydrogens (tertiary/aromatic N) is 1. The van der Waals surface area contributed by atoms with Crippen molar-refractivity contribution in [2.75, 3.05) is 5.32 Å². The van der Waals surface area contributed by atoms with E-state index < -0.39 is 0 Å². The molecule has 16 heavy (non-hydrogen) atoms. The van der Waals surface area contributed by atoms with Gasteiger partial charge in [0.15, 0.2) is 0 Å². The third-order valence-electron chi connectivity index (χ3n) is 3.21.